The standard InChI is InChI=1S/C30H41N7O4S/c1-21-25(19-36(4)24-9-16-41-17-10-24)33-29(40)26-20-42-30(34-26)22-7-11-31-23(18-22)6-5-13-37(15-12-32-28(21)39)27(38)8-14-35(2)3/h7,11,18-20,24H,1,5-6,8-10,12-17H2,2-4H3,(H,32,39)(H,33,40)/b25-19+. The van der Waals surface area contributed by atoms with Gasteiger partial charge in [-0.15, -0.1) is 11.3 Å². The first-order valence-electron chi connectivity index (χ1n) is 14.3. The van der Waals surface area contributed by atoms with Crippen molar-refractivity contribution in [2.75, 3.05) is 60.5 Å². The van der Waals surface area contributed by atoms with E-state index in [1.54, 1.807) is 22.7 Å². The Balaban J connectivity index is 1.61. The molecule has 1 saturated heterocycles. The van der Waals surface area contributed by atoms with Gasteiger partial charge in [0.25, 0.3) is 11.8 Å². The molecule has 2 aromatic rings. The molecule has 4 rings (SSSR count). The van der Waals surface area contributed by atoms with Crippen LogP contribution >= 0.6 is 11.3 Å². The van der Waals surface area contributed by atoms with Crippen LogP contribution < -0.4 is 10.6 Å². The van der Waals surface area contributed by atoms with Crippen LogP contribution in [0.4, 0.5) is 0 Å². The van der Waals surface area contributed by atoms with Gasteiger partial charge in [-0.05, 0) is 51.9 Å². The zero-order chi connectivity index (χ0) is 30.1. The third-order valence-corrected chi connectivity index (χ3v) is 8.29. The Morgan fingerprint density at radius 1 is 1.21 bits per heavy atom. The second kappa shape index (κ2) is 15.0. The maximum Gasteiger partial charge on any atom is 0.275 e. The maximum absolute atomic E-state index is 13.3. The number of nitrogens with zero attached hydrogens (tertiary/aromatic N) is 5. The predicted molar refractivity (Wildman–Crippen MR) is 163 cm³/mol. The zero-order valence-electron chi connectivity index (χ0n) is 24.7. The Morgan fingerprint density at radius 2 is 2.00 bits per heavy atom. The molecule has 0 radical (unpaired) electrons. The number of nitrogens with one attached hydrogen (secondary N) is 2. The summed E-state index contributed by atoms with van der Waals surface area (Å²) in [6, 6.07) is 4.07. The number of hydrogen-bond acceptors (Lipinski definition) is 9. The Labute approximate surface area is 251 Å². The smallest absolute Gasteiger partial charge is 0.275 e. The Bertz CT molecular complexity index is 1300. The molecule has 0 atom stereocenters. The van der Waals surface area contributed by atoms with Crippen molar-refractivity contribution < 1.29 is 19.1 Å². The van der Waals surface area contributed by atoms with Crippen molar-refractivity contribution in [1.29, 1.82) is 0 Å². The lowest BCUT2D eigenvalue weighted by molar-refractivity contribution is -0.131. The number of ether oxygens (including phenoxy) is 1. The summed E-state index contributed by atoms with van der Waals surface area (Å²) in [6.45, 7) is 7.16. The first kappa shape index (κ1) is 31.3. The highest BCUT2D eigenvalue weighted by molar-refractivity contribution is 7.13. The highest BCUT2D eigenvalue weighted by atomic mass is 32.1. The minimum absolute atomic E-state index is 0.0362. The van der Waals surface area contributed by atoms with Crippen LogP contribution in [0.1, 0.15) is 41.9 Å². The second-order valence-corrected chi connectivity index (χ2v) is 11.7. The molecule has 12 heteroatoms. The number of hydrogen-bond donors (Lipinski definition) is 2. The van der Waals surface area contributed by atoms with Crippen LogP contribution in [0, 0.1) is 0 Å². The topological polar surface area (TPSA) is 120 Å². The monoisotopic (exact) mass is 595 g/mol. The summed E-state index contributed by atoms with van der Waals surface area (Å²) in [4.78, 5) is 54.5. The van der Waals surface area contributed by atoms with E-state index in [-0.39, 0.29) is 29.8 Å². The van der Waals surface area contributed by atoms with Gasteiger partial charge in [0.2, 0.25) is 5.91 Å². The molecule has 0 aliphatic carbocycles. The highest BCUT2D eigenvalue weighted by Gasteiger charge is 2.22. The largest absolute Gasteiger partial charge is 0.381 e. The van der Waals surface area contributed by atoms with Gasteiger partial charge in [0.1, 0.15) is 10.7 Å². The molecule has 0 saturated carbocycles. The average molecular weight is 596 g/mol. The number of pyridine rings is 1. The fraction of sp³-hybridized carbons (Fsp3) is 0.500. The number of fused-ring (bicyclic) bond motifs is 5. The normalized spacial score (nSPS) is 18.8. The zero-order valence-corrected chi connectivity index (χ0v) is 25.5. The molecule has 2 aliphatic rings. The molecule has 2 aliphatic heterocycles. The van der Waals surface area contributed by atoms with Gasteiger partial charge in [-0.1, -0.05) is 6.58 Å². The number of amides is 3. The minimum atomic E-state index is -0.425. The first-order chi connectivity index (χ1) is 20.2. The number of carbonyl (C=O) groups is 3. The van der Waals surface area contributed by atoms with Crippen LogP contribution in [-0.2, 0) is 20.7 Å². The molecule has 226 valence electrons. The minimum Gasteiger partial charge on any atom is -0.381 e. The van der Waals surface area contributed by atoms with E-state index < -0.39 is 11.8 Å². The van der Waals surface area contributed by atoms with Crippen LogP contribution in [-0.4, -0.2) is 109 Å². The Morgan fingerprint density at radius 3 is 2.76 bits per heavy atom. The van der Waals surface area contributed by atoms with Gasteiger partial charge in [-0.3, -0.25) is 19.4 Å². The van der Waals surface area contributed by atoms with E-state index in [4.69, 9.17) is 4.74 Å². The summed E-state index contributed by atoms with van der Waals surface area (Å²) >= 11 is 1.37. The molecule has 42 heavy (non-hydrogen) atoms. The fourth-order valence-corrected chi connectivity index (χ4v) is 5.65. The lowest BCUT2D eigenvalue weighted by Crippen LogP contribution is -2.41. The molecular weight excluding hydrogens is 554 g/mol. The fourth-order valence-electron chi connectivity index (χ4n) is 4.85. The van der Waals surface area contributed by atoms with Crippen molar-refractivity contribution in [2.45, 2.75) is 38.1 Å². The van der Waals surface area contributed by atoms with Crippen molar-refractivity contribution in [3.63, 3.8) is 0 Å². The molecule has 1 fully saturated rings. The van der Waals surface area contributed by atoms with E-state index in [0.717, 1.165) is 30.5 Å². The second-order valence-electron chi connectivity index (χ2n) is 10.9. The van der Waals surface area contributed by atoms with E-state index in [1.165, 1.54) is 11.3 Å². The van der Waals surface area contributed by atoms with Crippen LogP contribution in [0.3, 0.4) is 0 Å². The number of aromatic nitrogens is 2. The third kappa shape index (κ3) is 8.70. The van der Waals surface area contributed by atoms with E-state index in [1.807, 2.05) is 43.1 Å². The Kier molecular flexibility index (Phi) is 11.2. The summed E-state index contributed by atoms with van der Waals surface area (Å²) in [5.74, 6) is -0.804. The summed E-state index contributed by atoms with van der Waals surface area (Å²) in [6.07, 6.45) is 6.99. The molecule has 3 amide bonds. The molecule has 2 N–H and O–H groups in total. The van der Waals surface area contributed by atoms with Crippen molar-refractivity contribution in [1.82, 2.24) is 35.3 Å². The molecular formula is C30H41N7O4S. The van der Waals surface area contributed by atoms with Crippen LogP contribution in [0.25, 0.3) is 10.6 Å². The number of aryl methyl sites for hydroxylation is 1. The quantitative estimate of drug-likeness (QED) is 0.506. The van der Waals surface area contributed by atoms with Crippen LogP contribution in [0.15, 0.2) is 47.8 Å². The molecule has 11 nitrogen and oxygen atoms in total. The SMILES string of the molecule is C=C1C(=O)NCCN(C(=O)CCN(C)C)CCCc2cc(ccn2)-c2nc(cs2)C(=O)N/C1=C/N(C)C1CCOCC1. The van der Waals surface area contributed by atoms with Crippen molar-refractivity contribution >= 4 is 29.1 Å². The lowest BCUT2D eigenvalue weighted by atomic mass is 10.1. The molecule has 0 unspecified atom stereocenters. The van der Waals surface area contributed by atoms with Gasteiger partial charge in [-0.2, -0.15) is 0 Å². The third-order valence-electron chi connectivity index (χ3n) is 7.40. The molecule has 4 heterocycles. The number of rotatable bonds is 5. The van der Waals surface area contributed by atoms with Crippen molar-refractivity contribution in [2.24, 2.45) is 0 Å². The summed E-state index contributed by atoms with van der Waals surface area (Å²) < 4.78 is 5.49. The van der Waals surface area contributed by atoms with Crippen molar-refractivity contribution in [3.8, 4) is 10.6 Å². The maximum atomic E-state index is 13.3. The van der Waals surface area contributed by atoms with Gasteiger partial charge in [0.05, 0.1) is 11.3 Å². The van der Waals surface area contributed by atoms with Crippen molar-refractivity contribution in [3.05, 3.63) is 59.1 Å². The molecule has 0 aromatic carbocycles. The van der Waals surface area contributed by atoms with Crippen LogP contribution in [0.2, 0.25) is 0 Å². The summed E-state index contributed by atoms with van der Waals surface area (Å²) in [5.41, 5.74) is 2.45. The lowest BCUT2D eigenvalue weighted by Gasteiger charge is -2.31. The summed E-state index contributed by atoms with van der Waals surface area (Å²) in [5, 5.41) is 8.18. The summed E-state index contributed by atoms with van der Waals surface area (Å²) in [7, 11) is 5.79. The van der Waals surface area contributed by atoms with Gasteiger partial charge < -0.3 is 30.1 Å². The van der Waals surface area contributed by atoms with E-state index in [9.17, 15) is 14.4 Å². The van der Waals surface area contributed by atoms with Crippen LogP contribution in [0.5, 0.6) is 0 Å². The molecule has 4 bridgehead atoms. The van der Waals surface area contributed by atoms with E-state index in [2.05, 4.69) is 27.2 Å². The Hall–Kier alpha value is -3.61. The van der Waals surface area contributed by atoms with Gasteiger partial charge in [0.15, 0.2) is 0 Å². The number of carbonyl (C=O) groups excluding carboxylic acids is 3. The van der Waals surface area contributed by atoms with E-state index in [0.29, 0.717) is 56.4 Å². The number of thiazole rings is 1. The first-order valence-corrected chi connectivity index (χ1v) is 15.2. The highest BCUT2D eigenvalue weighted by Crippen LogP contribution is 2.25. The average Bonchev–Trinajstić information content (AvgIpc) is 3.49. The molecule has 2 aromatic heterocycles. The predicted octanol–water partition coefficient (Wildman–Crippen LogP) is 2.29. The van der Waals surface area contributed by atoms with Gasteiger partial charge >= 0.3 is 0 Å². The van der Waals surface area contributed by atoms with E-state index >= 15 is 0 Å². The van der Waals surface area contributed by atoms with Gasteiger partial charge in [0, 0.05) is 87.9 Å². The van der Waals surface area contributed by atoms with Gasteiger partial charge in [-0.25, -0.2) is 4.98 Å². The molecule has 0 spiro atoms.